The molecule has 2 rings (SSSR count). The maximum absolute atomic E-state index is 12.2. The first-order valence-electron chi connectivity index (χ1n) is 9.69. The number of phenols is 1. The number of ketones is 1. The van der Waals surface area contributed by atoms with Gasteiger partial charge in [-0.1, -0.05) is 6.07 Å². The molecule has 0 amide bonds. The van der Waals surface area contributed by atoms with Gasteiger partial charge in [-0.2, -0.15) is 0 Å². The zero-order chi connectivity index (χ0) is 19.8. The summed E-state index contributed by atoms with van der Waals surface area (Å²) in [6, 6.07) is 5.10. The van der Waals surface area contributed by atoms with Crippen LogP contribution in [-0.4, -0.2) is 53.6 Å². The van der Waals surface area contributed by atoms with Crippen molar-refractivity contribution in [1.82, 2.24) is 0 Å². The molecule has 0 saturated heterocycles. The number of rotatable bonds is 10. The van der Waals surface area contributed by atoms with Gasteiger partial charge in [-0.15, -0.1) is 0 Å². The number of benzene rings is 1. The predicted molar refractivity (Wildman–Crippen MR) is 102 cm³/mol. The zero-order valence-corrected chi connectivity index (χ0v) is 16.3. The molecule has 1 aliphatic rings. The number of aryl methyl sites for hydroxylation is 1. The van der Waals surface area contributed by atoms with Crippen molar-refractivity contribution < 1.29 is 29.6 Å². The lowest BCUT2D eigenvalue weighted by Crippen LogP contribution is -2.35. The summed E-state index contributed by atoms with van der Waals surface area (Å²) in [6.07, 6.45) is 3.73. The van der Waals surface area contributed by atoms with Crippen LogP contribution in [0, 0.1) is 5.92 Å². The lowest BCUT2D eigenvalue weighted by molar-refractivity contribution is -0.121. The zero-order valence-electron chi connectivity index (χ0n) is 16.3. The maximum Gasteiger partial charge on any atom is 0.160 e. The maximum atomic E-state index is 12.2. The second-order valence-corrected chi connectivity index (χ2v) is 7.50. The Morgan fingerprint density at radius 2 is 2.07 bits per heavy atom. The highest BCUT2D eigenvalue weighted by molar-refractivity contribution is 5.78. The van der Waals surface area contributed by atoms with E-state index in [1.54, 1.807) is 25.3 Å². The second kappa shape index (κ2) is 10.6. The van der Waals surface area contributed by atoms with Gasteiger partial charge in [0.2, 0.25) is 0 Å². The molecule has 6 nitrogen and oxygen atoms in total. The Labute approximate surface area is 161 Å². The van der Waals surface area contributed by atoms with Crippen LogP contribution in [0.5, 0.6) is 11.5 Å². The van der Waals surface area contributed by atoms with E-state index < -0.39 is 12.2 Å². The summed E-state index contributed by atoms with van der Waals surface area (Å²) in [7, 11) is 3.11. The number of aliphatic hydroxyl groups is 2. The molecule has 0 aliphatic heterocycles. The van der Waals surface area contributed by atoms with Crippen molar-refractivity contribution in [3.8, 4) is 11.5 Å². The number of aromatic hydroxyl groups is 1. The Morgan fingerprint density at radius 3 is 2.78 bits per heavy atom. The van der Waals surface area contributed by atoms with Crippen LogP contribution in [0.3, 0.4) is 0 Å². The van der Waals surface area contributed by atoms with Crippen LogP contribution in [0.1, 0.15) is 50.5 Å². The number of ether oxygens (including phenoxy) is 2. The quantitative estimate of drug-likeness (QED) is 0.577. The summed E-state index contributed by atoms with van der Waals surface area (Å²) in [5.74, 6) is 0.961. The van der Waals surface area contributed by atoms with E-state index in [0.717, 1.165) is 31.2 Å². The van der Waals surface area contributed by atoms with Crippen LogP contribution in [0.25, 0.3) is 0 Å². The fraction of sp³-hybridized carbons (Fsp3) is 0.667. The van der Waals surface area contributed by atoms with Crippen molar-refractivity contribution in [2.24, 2.45) is 5.92 Å². The first kappa shape index (κ1) is 21.7. The average Bonchev–Trinajstić information content (AvgIpc) is 2.66. The number of methoxy groups -OCH3 is 2. The van der Waals surface area contributed by atoms with E-state index in [1.165, 1.54) is 7.11 Å². The minimum atomic E-state index is -0.669. The Hall–Kier alpha value is -1.63. The van der Waals surface area contributed by atoms with E-state index in [2.05, 4.69) is 0 Å². The molecule has 4 atom stereocenters. The lowest BCUT2D eigenvalue weighted by atomic mass is 9.82. The monoisotopic (exact) mass is 380 g/mol. The molecule has 4 unspecified atom stereocenters. The third-order valence-corrected chi connectivity index (χ3v) is 5.47. The minimum absolute atomic E-state index is 0.0749. The minimum Gasteiger partial charge on any atom is -0.504 e. The number of hydrogen-bond donors (Lipinski definition) is 3. The Balaban J connectivity index is 1.69. The van der Waals surface area contributed by atoms with Crippen LogP contribution in [0.2, 0.25) is 0 Å². The van der Waals surface area contributed by atoms with E-state index in [-0.39, 0.29) is 24.1 Å². The fourth-order valence-corrected chi connectivity index (χ4v) is 3.75. The highest BCUT2D eigenvalue weighted by Crippen LogP contribution is 2.30. The molecule has 3 N–H and O–H groups in total. The topological polar surface area (TPSA) is 96.2 Å². The summed E-state index contributed by atoms with van der Waals surface area (Å²) >= 11 is 0. The second-order valence-electron chi connectivity index (χ2n) is 7.50. The van der Waals surface area contributed by atoms with Crippen LogP contribution in [-0.2, 0) is 16.0 Å². The van der Waals surface area contributed by atoms with Crippen LogP contribution in [0.4, 0.5) is 0 Å². The molecule has 1 aromatic carbocycles. The number of hydrogen-bond acceptors (Lipinski definition) is 6. The van der Waals surface area contributed by atoms with Crippen LogP contribution >= 0.6 is 0 Å². The van der Waals surface area contributed by atoms with Gasteiger partial charge in [0.05, 0.1) is 25.4 Å². The molecule has 27 heavy (non-hydrogen) atoms. The Morgan fingerprint density at radius 1 is 1.30 bits per heavy atom. The number of carbonyl (C=O) groups excluding carboxylic acids is 1. The summed E-state index contributed by atoms with van der Waals surface area (Å²) in [5.41, 5.74) is 0.947. The third-order valence-electron chi connectivity index (χ3n) is 5.47. The highest BCUT2D eigenvalue weighted by atomic mass is 16.5. The van der Waals surface area contributed by atoms with E-state index >= 15 is 0 Å². The predicted octanol–water partition coefficient (Wildman–Crippen LogP) is 2.61. The van der Waals surface area contributed by atoms with Crippen molar-refractivity contribution >= 4 is 5.78 Å². The van der Waals surface area contributed by atoms with Crippen molar-refractivity contribution in [1.29, 1.82) is 0 Å². The molecule has 0 bridgehead atoms. The SMILES string of the molecule is COc1cc(CCC(O)CC(=O)CCC2CCC(O)C(OC)C2)ccc1O. The molecular weight excluding hydrogens is 348 g/mol. The molecule has 1 saturated carbocycles. The standard InChI is InChI=1S/C21H32O6/c1-26-20-11-14(5-9-18(20)24)3-7-16(22)13-17(23)8-4-15-6-10-19(25)21(12-15)27-2/h5,9,11,15-16,19,21-22,24-25H,3-4,6-8,10,12-13H2,1-2H3. The van der Waals surface area contributed by atoms with Crippen LogP contribution in [0.15, 0.2) is 18.2 Å². The summed E-state index contributed by atoms with van der Waals surface area (Å²) in [6.45, 7) is 0. The smallest absolute Gasteiger partial charge is 0.160 e. The van der Waals surface area contributed by atoms with Gasteiger partial charge in [0, 0.05) is 20.0 Å². The molecule has 0 heterocycles. The third kappa shape index (κ3) is 6.79. The number of carbonyl (C=O) groups is 1. The number of Topliss-reactive ketones (excluding diaryl/α,β-unsaturated/α-hetero) is 1. The largest absolute Gasteiger partial charge is 0.504 e. The van der Waals surface area contributed by atoms with Gasteiger partial charge in [0.25, 0.3) is 0 Å². The van der Waals surface area contributed by atoms with Crippen molar-refractivity contribution in [3.05, 3.63) is 23.8 Å². The molecule has 0 radical (unpaired) electrons. The number of aliphatic hydroxyl groups excluding tert-OH is 2. The van der Waals surface area contributed by atoms with Crippen molar-refractivity contribution in [2.75, 3.05) is 14.2 Å². The van der Waals surface area contributed by atoms with E-state index in [1.807, 2.05) is 0 Å². The van der Waals surface area contributed by atoms with Gasteiger partial charge >= 0.3 is 0 Å². The normalized spacial score (nSPS) is 23.8. The van der Waals surface area contributed by atoms with Gasteiger partial charge in [0.15, 0.2) is 11.5 Å². The molecule has 1 aromatic rings. The summed E-state index contributed by atoms with van der Waals surface area (Å²) < 4.78 is 10.4. The fourth-order valence-electron chi connectivity index (χ4n) is 3.75. The molecule has 1 aliphatic carbocycles. The van der Waals surface area contributed by atoms with Crippen molar-refractivity contribution in [3.63, 3.8) is 0 Å². The average molecular weight is 380 g/mol. The first-order valence-corrected chi connectivity index (χ1v) is 9.69. The van der Waals surface area contributed by atoms with Gasteiger partial charge in [-0.3, -0.25) is 4.79 Å². The van der Waals surface area contributed by atoms with Gasteiger partial charge in [0.1, 0.15) is 5.78 Å². The van der Waals surface area contributed by atoms with E-state index in [4.69, 9.17) is 9.47 Å². The molecular formula is C21H32O6. The van der Waals surface area contributed by atoms with Gasteiger partial charge < -0.3 is 24.8 Å². The van der Waals surface area contributed by atoms with Crippen molar-refractivity contribution in [2.45, 2.75) is 69.7 Å². The van der Waals surface area contributed by atoms with Crippen LogP contribution < -0.4 is 4.74 Å². The highest BCUT2D eigenvalue weighted by Gasteiger charge is 2.29. The number of phenolic OH excluding ortho intramolecular Hbond substituents is 1. The first-order chi connectivity index (χ1) is 12.9. The molecule has 1 fully saturated rings. The summed E-state index contributed by atoms with van der Waals surface area (Å²) in [4.78, 5) is 12.2. The molecule has 0 aromatic heterocycles. The summed E-state index contributed by atoms with van der Waals surface area (Å²) in [5, 5.41) is 29.6. The Kier molecular flexibility index (Phi) is 8.54. The van der Waals surface area contributed by atoms with Gasteiger partial charge in [-0.25, -0.2) is 0 Å². The molecule has 0 spiro atoms. The molecule has 152 valence electrons. The Bertz CT molecular complexity index is 602. The molecule has 6 heteroatoms. The lowest BCUT2D eigenvalue weighted by Gasteiger charge is -2.32. The van der Waals surface area contributed by atoms with Gasteiger partial charge in [-0.05, 0) is 62.1 Å². The van der Waals surface area contributed by atoms with E-state index in [9.17, 15) is 20.1 Å². The van der Waals surface area contributed by atoms with E-state index in [0.29, 0.717) is 30.9 Å².